The maximum Gasteiger partial charge on any atom is 0.262 e. The standard InChI is InChI=1S/C18H22N2O3/c1-3-10-19(11-13-8-9-13)16(21)12(2)20-17(22)14-6-4-5-7-15(14)18(20)23/h4-7,12-13H,3,8-11H2,1-2H3. The lowest BCUT2D eigenvalue weighted by atomic mass is 10.1. The fourth-order valence-electron chi connectivity index (χ4n) is 3.11. The third-order valence-electron chi connectivity index (χ3n) is 4.55. The molecule has 23 heavy (non-hydrogen) atoms. The number of hydrogen-bond acceptors (Lipinski definition) is 3. The topological polar surface area (TPSA) is 57.7 Å². The van der Waals surface area contributed by atoms with E-state index in [0.717, 1.165) is 30.7 Å². The number of fused-ring (bicyclic) bond motifs is 1. The van der Waals surface area contributed by atoms with Gasteiger partial charge >= 0.3 is 0 Å². The smallest absolute Gasteiger partial charge is 0.262 e. The number of carbonyl (C=O) groups excluding carboxylic acids is 3. The van der Waals surface area contributed by atoms with Gasteiger partial charge in [0.1, 0.15) is 6.04 Å². The molecule has 5 nitrogen and oxygen atoms in total. The second-order valence-corrected chi connectivity index (χ2v) is 6.43. The van der Waals surface area contributed by atoms with E-state index in [1.165, 1.54) is 0 Å². The average Bonchev–Trinajstić information content (AvgIpc) is 3.33. The van der Waals surface area contributed by atoms with Gasteiger partial charge in [-0.15, -0.1) is 0 Å². The molecule has 1 saturated carbocycles. The number of nitrogens with zero attached hydrogens (tertiary/aromatic N) is 2. The molecule has 0 bridgehead atoms. The second-order valence-electron chi connectivity index (χ2n) is 6.43. The number of rotatable bonds is 6. The quantitative estimate of drug-likeness (QED) is 0.757. The Morgan fingerprint density at radius 2 is 1.78 bits per heavy atom. The third-order valence-corrected chi connectivity index (χ3v) is 4.55. The first-order valence-corrected chi connectivity index (χ1v) is 8.30. The maximum absolute atomic E-state index is 12.8. The summed E-state index contributed by atoms with van der Waals surface area (Å²) in [4.78, 5) is 40.7. The Bertz CT molecular complexity index is 616. The van der Waals surface area contributed by atoms with E-state index in [4.69, 9.17) is 0 Å². The molecule has 1 aromatic carbocycles. The first kappa shape index (κ1) is 15.7. The van der Waals surface area contributed by atoms with E-state index < -0.39 is 6.04 Å². The fourth-order valence-corrected chi connectivity index (χ4v) is 3.11. The monoisotopic (exact) mass is 314 g/mol. The lowest BCUT2D eigenvalue weighted by Crippen LogP contribution is -2.50. The Balaban J connectivity index is 1.79. The van der Waals surface area contributed by atoms with Crippen LogP contribution in [0.2, 0.25) is 0 Å². The molecule has 1 atom stereocenters. The average molecular weight is 314 g/mol. The SMILES string of the molecule is CCCN(CC1CC1)C(=O)C(C)N1C(=O)c2ccccc2C1=O. The molecule has 1 aliphatic carbocycles. The zero-order valence-electron chi connectivity index (χ0n) is 13.6. The highest BCUT2D eigenvalue weighted by Crippen LogP contribution is 2.31. The molecule has 2 aliphatic rings. The van der Waals surface area contributed by atoms with Crippen molar-refractivity contribution in [1.29, 1.82) is 0 Å². The number of amides is 3. The van der Waals surface area contributed by atoms with E-state index in [2.05, 4.69) is 0 Å². The Kier molecular flexibility index (Phi) is 4.20. The normalized spacial score (nSPS) is 18.1. The zero-order valence-corrected chi connectivity index (χ0v) is 13.6. The number of hydrogen-bond donors (Lipinski definition) is 0. The van der Waals surface area contributed by atoms with Crippen LogP contribution >= 0.6 is 0 Å². The van der Waals surface area contributed by atoms with E-state index in [-0.39, 0.29) is 17.7 Å². The van der Waals surface area contributed by atoms with Gasteiger partial charge in [0.25, 0.3) is 11.8 Å². The van der Waals surface area contributed by atoms with E-state index in [1.54, 1.807) is 31.2 Å². The summed E-state index contributed by atoms with van der Waals surface area (Å²) in [6, 6.07) is 5.99. The summed E-state index contributed by atoms with van der Waals surface area (Å²) in [6.45, 7) is 5.09. The first-order chi connectivity index (χ1) is 11.0. The summed E-state index contributed by atoms with van der Waals surface area (Å²) >= 11 is 0. The van der Waals surface area contributed by atoms with Crippen LogP contribution < -0.4 is 0 Å². The van der Waals surface area contributed by atoms with Crippen molar-refractivity contribution in [3.8, 4) is 0 Å². The van der Waals surface area contributed by atoms with Gasteiger partial charge in [-0.2, -0.15) is 0 Å². The molecule has 1 aromatic rings. The maximum atomic E-state index is 12.8. The predicted molar refractivity (Wildman–Crippen MR) is 86.0 cm³/mol. The largest absolute Gasteiger partial charge is 0.341 e. The van der Waals surface area contributed by atoms with Gasteiger partial charge < -0.3 is 4.90 Å². The summed E-state index contributed by atoms with van der Waals surface area (Å²) in [5.41, 5.74) is 0.780. The van der Waals surface area contributed by atoms with Crippen LogP contribution in [-0.2, 0) is 4.79 Å². The van der Waals surface area contributed by atoms with Crippen LogP contribution in [0.25, 0.3) is 0 Å². The van der Waals surface area contributed by atoms with Crippen LogP contribution in [0, 0.1) is 5.92 Å². The fraction of sp³-hybridized carbons (Fsp3) is 0.500. The highest BCUT2D eigenvalue weighted by molar-refractivity contribution is 6.22. The molecule has 0 radical (unpaired) electrons. The molecule has 1 unspecified atom stereocenters. The highest BCUT2D eigenvalue weighted by Gasteiger charge is 2.42. The van der Waals surface area contributed by atoms with Gasteiger partial charge in [0, 0.05) is 13.1 Å². The van der Waals surface area contributed by atoms with Crippen LogP contribution in [0.1, 0.15) is 53.8 Å². The van der Waals surface area contributed by atoms with Crippen LogP contribution in [0.4, 0.5) is 0 Å². The summed E-state index contributed by atoms with van der Waals surface area (Å²) in [5.74, 6) is -0.281. The van der Waals surface area contributed by atoms with Crippen LogP contribution in [-0.4, -0.2) is 46.7 Å². The molecule has 1 fully saturated rings. The van der Waals surface area contributed by atoms with Gasteiger partial charge in [-0.3, -0.25) is 19.3 Å². The summed E-state index contributed by atoms with van der Waals surface area (Å²) < 4.78 is 0. The van der Waals surface area contributed by atoms with Gasteiger partial charge in [-0.1, -0.05) is 19.1 Å². The van der Waals surface area contributed by atoms with Crippen molar-refractivity contribution in [2.75, 3.05) is 13.1 Å². The molecule has 0 saturated heterocycles. The highest BCUT2D eigenvalue weighted by atomic mass is 16.2. The van der Waals surface area contributed by atoms with Crippen LogP contribution in [0.5, 0.6) is 0 Å². The number of imide groups is 1. The van der Waals surface area contributed by atoms with Gasteiger partial charge in [0.05, 0.1) is 11.1 Å². The molecule has 1 heterocycles. The van der Waals surface area contributed by atoms with Crippen molar-refractivity contribution in [3.63, 3.8) is 0 Å². The molecule has 0 N–H and O–H groups in total. The summed E-state index contributed by atoms with van der Waals surface area (Å²) in [6.07, 6.45) is 3.19. The Morgan fingerprint density at radius 1 is 1.22 bits per heavy atom. The lowest BCUT2D eigenvalue weighted by Gasteiger charge is -2.29. The first-order valence-electron chi connectivity index (χ1n) is 8.30. The Labute approximate surface area is 136 Å². The molecule has 0 aromatic heterocycles. The lowest BCUT2D eigenvalue weighted by molar-refractivity contribution is -0.135. The van der Waals surface area contributed by atoms with Crippen molar-refractivity contribution >= 4 is 17.7 Å². The Morgan fingerprint density at radius 3 is 2.26 bits per heavy atom. The molecule has 122 valence electrons. The molecule has 1 aliphatic heterocycles. The molecular formula is C18H22N2O3. The van der Waals surface area contributed by atoms with E-state index in [0.29, 0.717) is 23.6 Å². The second kappa shape index (κ2) is 6.14. The molecule has 3 rings (SSSR count). The number of benzene rings is 1. The van der Waals surface area contributed by atoms with Gasteiger partial charge in [0.15, 0.2) is 0 Å². The summed E-state index contributed by atoms with van der Waals surface area (Å²) in [7, 11) is 0. The summed E-state index contributed by atoms with van der Waals surface area (Å²) in [5, 5.41) is 0. The van der Waals surface area contributed by atoms with Gasteiger partial charge in [0.2, 0.25) is 5.91 Å². The van der Waals surface area contributed by atoms with Crippen molar-refractivity contribution in [2.24, 2.45) is 5.92 Å². The van der Waals surface area contributed by atoms with Gasteiger partial charge in [-0.05, 0) is 44.2 Å². The van der Waals surface area contributed by atoms with Gasteiger partial charge in [-0.25, -0.2) is 0 Å². The van der Waals surface area contributed by atoms with Crippen LogP contribution in [0.15, 0.2) is 24.3 Å². The predicted octanol–water partition coefficient (Wildman–Crippen LogP) is 2.32. The zero-order chi connectivity index (χ0) is 16.6. The Hall–Kier alpha value is -2.17. The van der Waals surface area contributed by atoms with Crippen molar-refractivity contribution < 1.29 is 14.4 Å². The minimum absolute atomic E-state index is 0.131. The molecule has 3 amide bonds. The van der Waals surface area contributed by atoms with E-state index in [9.17, 15) is 14.4 Å². The van der Waals surface area contributed by atoms with Crippen molar-refractivity contribution in [3.05, 3.63) is 35.4 Å². The third kappa shape index (κ3) is 2.87. The minimum atomic E-state index is -0.757. The molecular weight excluding hydrogens is 292 g/mol. The van der Waals surface area contributed by atoms with Crippen molar-refractivity contribution in [2.45, 2.75) is 39.2 Å². The molecule has 0 spiro atoms. The number of carbonyl (C=O) groups is 3. The van der Waals surface area contributed by atoms with E-state index in [1.807, 2.05) is 11.8 Å². The van der Waals surface area contributed by atoms with Crippen LogP contribution in [0.3, 0.4) is 0 Å². The minimum Gasteiger partial charge on any atom is -0.341 e. The molecule has 5 heteroatoms. The van der Waals surface area contributed by atoms with E-state index >= 15 is 0 Å². The van der Waals surface area contributed by atoms with Crippen molar-refractivity contribution in [1.82, 2.24) is 9.80 Å².